The van der Waals surface area contributed by atoms with Crippen molar-refractivity contribution < 1.29 is 19.6 Å². The molecule has 1 aromatic carbocycles. The summed E-state index contributed by atoms with van der Waals surface area (Å²) in [5, 5.41) is 19.0. The average Bonchev–Trinajstić information content (AvgIpc) is 2.25. The molecule has 0 aliphatic carbocycles. The first-order chi connectivity index (χ1) is 7.56. The first-order valence-electron chi connectivity index (χ1n) is 4.20. The van der Waals surface area contributed by atoms with E-state index >= 15 is 0 Å². The van der Waals surface area contributed by atoms with Crippen LogP contribution in [0.4, 0.5) is 0 Å². The lowest BCUT2D eigenvalue weighted by Gasteiger charge is -1.97. The van der Waals surface area contributed by atoms with Gasteiger partial charge in [-0.1, -0.05) is 24.3 Å². The topological polar surface area (TPSA) is 97.5 Å². The molecule has 0 spiro atoms. The summed E-state index contributed by atoms with van der Waals surface area (Å²) in [4.78, 5) is 30.6. The Balaban J connectivity index is 3.28. The van der Waals surface area contributed by atoms with Crippen molar-refractivity contribution in [2.75, 3.05) is 0 Å². The lowest BCUT2D eigenvalue weighted by molar-refractivity contribution is -0.419. The zero-order chi connectivity index (χ0) is 12.1. The quantitative estimate of drug-likeness (QED) is 0.356. The number of benzene rings is 1. The van der Waals surface area contributed by atoms with Gasteiger partial charge >= 0.3 is 11.7 Å². The van der Waals surface area contributed by atoms with Gasteiger partial charge in [0.1, 0.15) is 0 Å². The lowest BCUT2D eigenvalue weighted by Crippen LogP contribution is -2.10. The molecule has 0 fully saturated rings. The molecule has 0 bridgehead atoms. The SMILES string of the molecule is O=Cc1ccccc1C=C(C(=O)O)[N+](=O)[O-]. The van der Waals surface area contributed by atoms with Crippen LogP contribution in [0.2, 0.25) is 0 Å². The van der Waals surface area contributed by atoms with Crippen LogP contribution in [0.25, 0.3) is 6.08 Å². The zero-order valence-corrected chi connectivity index (χ0v) is 7.99. The number of aldehydes is 1. The summed E-state index contributed by atoms with van der Waals surface area (Å²) in [5.41, 5.74) is -0.580. The minimum atomic E-state index is -1.65. The van der Waals surface area contributed by atoms with E-state index in [1.807, 2.05) is 0 Å². The summed E-state index contributed by atoms with van der Waals surface area (Å²) in [6.45, 7) is 0. The third-order valence-electron chi connectivity index (χ3n) is 1.83. The van der Waals surface area contributed by atoms with Crippen LogP contribution < -0.4 is 0 Å². The molecular formula is C10H7NO5. The molecule has 0 aliphatic heterocycles. The molecule has 0 saturated carbocycles. The number of rotatable bonds is 4. The van der Waals surface area contributed by atoms with Crippen molar-refractivity contribution in [3.63, 3.8) is 0 Å². The Hall–Kier alpha value is -2.50. The number of carboxylic acid groups (broad SMARTS) is 1. The van der Waals surface area contributed by atoms with Crippen molar-refractivity contribution in [2.24, 2.45) is 0 Å². The molecule has 0 aromatic heterocycles. The predicted octanol–water partition coefficient (Wildman–Crippen LogP) is 1.20. The van der Waals surface area contributed by atoms with Crippen molar-refractivity contribution in [1.29, 1.82) is 0 Å². The van der Waals surface area contributed by atoms with Gasteiger partial charge in [0.2, 0.25) is 0 Å². The molecule has 6 nitrogen and oxygen atoms in total. The molecule has 0 amide bonds. The Labute approximate surface area is 90.0 Å². The van der Waals surface area contributed by atoms with E-state index in [4.69, 9.17) is 5.11 Å². The first-order valence-corrected chi connectivity index (χ1v) is 4.20. The molecule has 16 heavy (non-hydrogen) atoms. The highest BCUT2D eigenvalue weighted by Gasteiger charge is 2.20. The maximum absolute atomic E-state index is 10.6. The molecule has 82 valence electrons. The highest BCUT2D eigenvalue weighted by molar-refractivity contribution is 5.91. The summed E-state index contributed by atoms with van der Waals surface area (Å²) in [5.74, 6) is -1.65. The standard InChI is InChI=1S/C10H7NO5/c12-6-8-4-2-1-3-7(8)5-9(10(13)14)11(15)16/h1-6H,(H,13,14). The van der Waals surface area contributed by atoms with Crippen LogP contribution in [0.1, 0.15) is 15.9 Å². The molecule has 0 radical (unpaired) electrons. The second-order valence-corrected chi connectivity index (χ2v) is 2.84. The Morgan fingerprint density at radius 1 is 1.31 bits per heavy atom. The largest absolute Gasteiger partial charge is 0.473 e. The number of nitrogens with zero attached hydrogens (tertiary/aromatic N) is 1. The van der Waals surface area contributed by atoms with Crippen LogP contribution in [0, 0.1) is 10.1 Å². The van der Waals surface area contributed by atoms with Crippen molar-refractivity contribution in [2.45, 2.75) is 0 Å². The maximum Gasteiger partial charge on any atom is 0.407 e. The summed E-state index contributed by atoms with van der Waals surface area (Å²) in [7, 11) is 0. The summed E-state index contributed by atoms with van der Waals surface area (Å²) in [6.07, 6.45) is 1.36. The van der Waals surface area contributed by atoms with Gasteiger partial charge < -0.3 is 5.11 Å². The van der Waals surface area contributed by atoms with E-state index in [0.717, 1.165) is 6.08 Å². The van der Waals surface area contributed by atoms with Gasteiger partial charge in [-0.05, 0) is 5.56 Å². The molecule has 1 aromatic rings. The second kappa shape index (κ2) is 4.83. The molecule has 0 unspecified atom stereocenters. The van der Waals surface area contributed by atoms with Crippen LogP contribution in [-0.4, -0.2) is 22.3 Å². The van der Waals surface area contributed by atoms with E-state index < -0.39 is 16.6 Å². The van der Waals surface area contributed by atoms with Crippen LogP contribution in [-0.2, 0) is 4.79 Å². The molecule has 0 heterocycles. The number of carbonyl (C=O) groups excluding carboxylic acids is 1. The van der Waals surface area contributed by atoms with Crippen LogP contribution >= 0.6 is 0 Å². The number of nitro groups is 1. The van der Waals surface area contributed by atoms with Crippen molar-refractivity contribution >= 4 is 18.3 Å². The minimum Gasteiger partial charge on any atom is -0.473 e. The van der Waals surface area contributed by atoms with E-state index in [9.17, 15) is 19.7 Å². The number of hydrogen-bond donors (Lipinski definition) is 1. The zero-order valence-electron chi connectivity index (χ0n) is 7.99. The second-order valence-electron chi connectivity index (χ2n) is 2.84. The van der Waals surface area contributed by atoms with Crippen molar-refractivity contribution in [3.8, 4) is 0 Å². The Bertz CT molecular complexity index is 462. The molecule has 1 rings (SSSR count). The van der Waals surface area contributed by atoms with Gasteiger partial charge in [-0.25, -0.2) is 4.79 Å². The number of carbonyl (C=O) groups is 2. The molecule has 6 heteroatoms. The van der Waals surface area contributed by atoms with E-state index in [1.54, 1.807) is 12.1 Å². The third-order valence-corrected chi connectivity index (χ3v) is 1.83. The normalized spacial score (nSPS) is 10.9. The fourth-order valence-corrected chi connectivity index (χ4v) is 1.09. The number of aliphatic carboxylic acids is 1. The van der Waals surface area contributed by atoms with Gasteiger partial charge in [-0.15, -0.1) is 0 Å². The fourth-order valence-electron chi connectivity index (χ4n) is 1.09. The van der Waals surface area contributed by atoms with Gasteiger partial charge in [-0.3, -0.25) is 14.9 Å². The molecule has 0 aliphatic rings. The van der Waals surface area contributed by atoms with E-state index in [0.29, 0.717) is 6.29 Å². The molecule has 1 N–H and O–H groups in total. The van der Waals surface area contributed by atoms with Gasteiger partial charge in [0.25, 0.3) is 0 Å². The van der Waals surface area contributed by atoms with Crippen molar-refractivity contribution in [1.82, 2.24) is 0 Å². The van der Waals surface area contributed by atoms with E-state index in [2.05, 4.69) is 0 Å². The Kier molecular flexibility index (Phi) is 3.49. The smallest absolute Gasteiger partial charge is 0.407 e. The highest BCUT2D eigenvalue weighted by atomic mass is 16.6. The minimum absolute atomic E-state index is 0.197. The monoisotopic (exact) mass is 221 g/mol. The van der Waals surface area contributed by atoms with Crippen LogP contribution in [0.3, 0.4) is 0 Å². The third kappa shape index (κ3) is 2.50. The summed E-state index contributed by atoms with van der Waals surface area (Å²) >= 11 is 0. The van der Waals surface area contributed by atoms with Crippen molar-refractivity contribution in [3.05, 3.63) is 51.2 Å². The van der Waals surface area contributed by atoms with Gasteiger partial charge in [0.15, 0.2) is 6.29 Å². The van der Waals surface area contributed by atoms with Gasteiger partial charge in [-0.2, -0.15) is 0 Å². The number of hydrogen-bond acceptors (Lipinski definition) is 4. The average molecular weight is 221 g/mol. The van der Waals surface area contributed by atoms with E-state index in [1.165, 1.54) is 12.1 Å². The van der Waals surface area contributed by atoms with Gasteiger partial charge in [0.05, 0.1) is 4.92 Å². The first kappa shape index (κ1) is 11.6. The fraction of sp³-hybridized carbons (Fsp3) is 0. The lowest BCUT2D eigenvalue weighted by atomic mass is 10.1. The Morgan fingerprint density at radius 2 is 1.88 bits per heavy atom. The van der Waals surface area contributed by atoms with Crippen LogP contribution in [0.15, 0.2) is 30.0 Å². The Morgan fingerprint density at radius 3 is 2.31 bits per heavy atom. The highest BCUT2D eigenvalue weighted by Crippen LogP contribution is 2.12. The predicted molar refractivity (Wildman–Crippen MR) is 54.4 cm³/mol. The number of carboxylic acids is 1. The summed E-state index contributed by atoms with van der Waals surface area (Å²) < 4.78 is 0. The molecular weight excluding hydrogens is 214 g/mol. The van der Waals surface area contributed by atoms with Crippen LogP contribution in [0.5, 0.6) is 0 Å². The molecule has 0 saturated heterocycles. The van der Waals surface area contributed by atoms with Gasteiger partial charge in [0, 0.05) is 11.6 Å². The summed E-state index contributed by atoms with van der Waals surface area (Å²) in [6, 6.07) is 6.00. The maximum atomic E-state index is 10.6. The van der Waals surface area contributed by atoms with E-state index in [-0.39, 0.29) is 11.1 Å². The molecule has 0 atom stereocenters.